The van der Waals surface area contributed by atoms with Gasteiger partial charge in [-0.1, -0.05) is 41.9 Å². The Bertz CT molecular complexity index is 767. The van der Waals surface area contributed by atoms with E-state index >= 15 is 0 Å². The van der Waals surface area contributed by atoms with Gasteiger partial charge in [0.1, 0.15) is 5.82 Å². The van der Waals surface area contributed by atoms with E-state index in [2.05, 4.69) is 10.6 Å². The van der Waals surface area contributed by atoms with Gasteiger partial charge in [-0.3, -0.25) is 9.59 Å². The molecular formula is C18H16ClFN2O2. The minimum atomic E-state index is -0.670. The third-order valence-corrected chi connectivity index (χ3v) is 4.29. The highest BCUT2D eigenvalue weighted by Crippen LogP contribution is 2.25. The van der Waals surface area contributed by atoms with E-state index in [1.165, 1.54) is 12.1 Å². The molecule has 1 aliphatic rings. The molecule has 4 nitrogen and oxygen atoms in total. The average molecular weight is 347 g/mol. The van der Waals surface area contributed by atoms with E-state index < -0.39 is 11.7 Å². The molecule has 2 N–H and O–H groups in total. The molecule has 124 valence electrons. The van der Waals surface area contributed by atoms with Crippen LogP contribution < -0.4 is 10.6 Å². The molecule has 1 aliphatic heterocycles. The van der Waals surface area contributed by atoms with Crippen LogP contribution in [0, 0.1) is 5.82 Å². The van der Waals surface area contributed by atoms with Crippen molar-refractivity contribution in [1.82, 2.24) is 10.6 Å². The molecule has 0 aromatic heterocycles. The van der Waals surface area contributed by atoms with E-state index in [0.717, 1.165) is 11.6 Å². The van der Waals surface area contributed by atoms with Gasteiger partial charge in [0.25, 0.3) is 5.91 Å². The molecule has 24 heavy (non-hydrogen) atoms. The van der Waals surface area contributed by atoms with Crippen molar-refractivity contribution < 1.29 is 14.0 Å². The summed E-state index contributed by atoms with van der Waals surface area (Å²) in [7, 11) is 0. The van der Waals surface area contributed by atoms with Gasteiger partial charge in [0.2, 0.25) is 5.91 Å². The molecule has 0 aliphatic carbocycles. The number of rotatable bonds is 3. The summed E-state index contributed by atoms with van der Waals surface area (Å²) >= 11 is 5.71. The van der Waals surface area contributed by atoms with Gasteiger partial charge in [-0.05, 0) is 30.2 Å². The molecule has 2 aromatic rings. The number of hydrogen-bond acceptors (Lipinski definition) is 2. The van der Waals surface area contributed by atoms with Gasteiger partial charge >= 0.3 is 0 Å². The van der Waals surface area contributed by atoms with Crippen LogP contribution >= 0.6 is 11.6 Å². The van der Waals surface area contributed by atoms with Crippen molar-refractivity contribution in [2.75, 3.05) is 0 Å². The predicted octanol–water partition coefficient (Wildman–Crippen LogP) is 3.23. The van der Waals surface area contributed by atoms with Gasteiger partial charge in [0.05, 0.1) is 17.6 Å². The lowest BCUT2D eigenvalue weighted by Gasteiger charge is -2.33. The third-order valence-electron chi connectivity index (χ3n) is 4.05. The van der Waals surface area contributed by atoms with E-state index in [-0.39, 0.29) is 28.6 Å². The summed E-state index contributed by atoms with van der Waals surface area (Å²) in [6.45, 7) is 0. The lowest BCUT2D eigenvalue weighted by atomic mass is 9.91. The second-order valence-corrected chi connectivity index (χ2v) is 6.14. The number of carbonyl (C=O) groups is 2. The van der Waals surface area contributed by atoms with Crippen LogP contribution in [0.2, 0.25) is 5.02 Å². The SMILES string of the molecule is O=C1CC[C@@H](NC(=O)c2ccc(Cl)cc2F)[C@@H](c2ccccc2)N1. The zero-order chi connectivity index (χ0) is 17.1. The van der Waals surface area contributed by atoms with Crippen molar-refractivity contribution in [1.29, 1.82) is 0 Å². The molecule has 0 radical (unpaired) electrons. The molecule has 0 bridgehead atoms. The highest BCUT2D eigenvalue weighted by molar-refractivity contribution is 6.30. The molecular weight excluding hydrogens is 331 g/mol. The molecule has 0 spiro atoms. The number of hydrogen-bond donors (Lipinski definition) is 2. The van der Waals surface area contributed by atoms with Crippen LogP contribution in [0.15, 0.2) is 48.5 Å². The van der Waals surface area contributed by atoms with Crippen LogP contribution in [0.3, 0.4) is 0 Å². The molecule has 2 atom stereocenters. The Morgan fingerprint density at radius 1 is 1.21 bits per heavy atom. The fraction of sp³-hybridized carbons (Fsp3) is 0.222. The van der Waals surface area contributed by atoms with Gasteiger partial charge < -0.3 is 10.6 Å². The molecule has 0 saturated carbocycles. The molecule has 2 aromatic carbocycles. The van der Waals surface area contributed by atoms with E-state index in [4.69, 9.17) is 11.6 Å². The van der Waals surface area contributed by atoms with E-state index in [1.807, 2.05) is 30.3 Å². The van der Waals surface area contributed by atoms with Crippen molar-refractivity contribution in [2.24, 2.45) is 0 Å². The highest BCUT2D eigenvalue weighted by Gasteiger charge is 2.31. The first kappa shape index (κ1) is 16.5. The van der Waals surface area contributed by atoms with Crippen molar-refractivity contribution in [2.45, 2.75) is 24.9 Å². The van der Waals surface area contributed by atoms with Gasteiger partial charge in [0, 0.05) is 11.4 Å². The van der Waals surface area contributed by atoms with Crippen molar-refractivity contribution in [3.05, 3.63) is 70.5 Å². The Morgan fingerprint density at radius 3 is 2.67 bits per heavy atom. The number of amides is 2. The number of piperidine rings is 1. The number of carbonyl (C=O) groups excluding carboxylic acids is 2. The topological polar surface area (TPSA) is 58.2 Å². The summed E-state index contributed by atoms with van der Waals surface area (Å²) < 4.78 is 13.9. The predicted molar refractivity (Wildman–Crippen MR) is 89.2 cm³/mol. The Labute approximate surface area is 144 Å². The maximum absolute atomic E-state index is 13.9. The maximum Gasteiger partial charge on any atom is 0.254 e. The van der Waals surface area contributed by atoms with E-state index in [0.29, 0.717) is 12.8 Å². The van der Waals surface area contributed by atoms with Gasteiger partial charge in [-0.15, -0.1) is 0 Å². The molecule has 0 unspecified atom stereocenters. The molecule has 1 fully saturated rings. The van der Waals surface area contributed by atoms with E-state index in [1.54, 1.807) is 0 Å². The first-order chi connectivity index (χ1) is 11.5. The van der Waals surface area contributed by atoms with Gasteiger partial charge in [0.15, 0.2) is 0 Å². The largest absolute Gasteiger partial charge is 0.347 e. The zero-order valence-electron chi connectivity index (χ0n) is 12.8. The second-order valence-electron chi connectivity index (χ2n) is 5.70. The minimum absolute atomic E-state index is 0.0629. The normalized spacial score (nSPS) is 20.3. The molecule has 1 saturated heterocycles. The molecule has 1 heterocycles. The summed E-state index contributed by atoms with van der Waals surface area (Å²) in [6, 6.07) is 12.7. The standard InChI is InChI=1S/C18H16ClFN2O2/c19-12-6-7-13(14(20)10-12)18(24)21-15-8-9-16(23)22-17(15)11-4-2-1-3-5-11/h1-7,10,15,17H,8-9H2,(H,21,24)(H,22,23)/t15-,17-/m1/s1. The van der Waals surface area contributed by atoms with Crippen LogP contribution in [0.1, 0.15) is 34.8 Å². The smallest absolute Gasteiger partial charge is 0.254 e. The van der Waals surface area contributed by atoms with Gasteiger partial charge in [-0.25, -0.2) is 4.39 Å². The fourth-order valence-electron chi connectivity index (χ4n) is 2.85. The fourth-order valence-corrected chi connectivity index (χ4v) is 3.01. The van der Waals surface area contributed by atoms with E-state index in [9.17, 15) is 14.0 Å². The summed E-state index contributed by atoms with van der Waals surface area (Å²) in [5, 5.41) is 5.96. The molecule has 2 amide bonds. The Morgan fingerprint density at radius 2 is 1.96 bits per heavy atom. The minimum Gasteiger partial charge on any atom is -0.347 e. The summed E-state index contributed by atoms with van der Waals surface area (Å²) in [4.78, 5) is 24.1. The zero-order valence-corrected chi connectivity index (χ0v) is 13.5. The van der Waals surface area contributed by atoms with Crippen molar-refractivity contribution in [3.8, 4) is 0 Å². The number of nitrogens with one attached hydrogen (secondary N) is 2. The Balaban J connectivity index is 1.81. The number of benzene rings is 2. The Kier molecular flexibility index (Phi) is 4.81. The van der Waals surface area contributed by atoms with Crippen molar-refractivity contribution >= 4 is 23.4 Å². The molecule has 6 heteroatoms. The quantitative estimate of drug-likeness (QED) is 0.896. The summed E-state index contributed by atoms with van der Waals surface area (Å²) in [6.07, 6.45) is 0.809. The van der Waals surface area contributed by atoms with Crippen molar-refractivity contribution in [3.63, 3.8) is 0 Å². The van der Waals surface area contributed by atoms with Crippen LogP contribution in [0.4, 0.5) is 4.39 Å². The first-order valence-electron chi connectivity index (χ1n) is 7.65. The van der Waals surface area contributed by atoms with Crippen LogP contribution in [-0.4, -0.2) is 17.9 Å². The van der Waals surface area contributed by atoms with Crippen LogP contribution in [0.25, 0.3) is 0 Å². The summed E-state index contributed by atoms with van der Waals surface area (Å²) in [5.41, 5.74) is 0.829. The second kappa shape index (κ2) is 7.01. The third kappa shape index (κ3) is 3.57. The number of halogens is 2. The van der Waals surface area contributed by atoms with Crippen LogP contribution in [0.5, 0.6) is 0 Å². The van der Waals surface area contributed by atoms with Gasteiger partial charge in [-0.2, -0.15) is 0 Å². The monoisotopic (exact) mass is 346 g/mol. The lowest BCUT2D eigenvalue weighted by molar-refractivity contribution is -0.123. The van der Waals surface area contributed by atoms with Crippen LogP contribution in [-0.2, 0) is 4.79 Å². The average Bonchev–Trinajstić information content (AvgIpc) is 2.57. The highest BCUT2D eigenvalue weighted by atomic mass is 35.5. The first-order valence-corrected chi connectivity index (χ1v) is 8.02. The lowest BCUT2D eigenvalue weighted by Crippen LogP contribution is -2.50. The molecule has 3 rings (SSSR count). The maximum atomic E-state index is 13.9. The Hall–Kier alpha value is -2.40. The summed E-state index contributed by atoms with van der Waals surface area (Å²) in [5.74, 6) is -1.26.